The van der Waals surface area contributed by atoms with Crippen LogP contribution in [0.15, 0.2) is 59.5 Å². The molecule has 7 heteroatoms. The lowest BCUT2D eigenvalue weighted by Gasteiger charge is -2.23. The second-order valence-electron chi connectivity index (χ2n) is 6.14. The third-order valence-corrected chi connectivity index (χ3v) is 5.20. The summed E-state index contributed by atoms with van der Waals surface area (Å²) < 4.78 is 26.6. The first kappa shape index (κ1) is 17.9. The third kappa shape index (κ3) is 3.57. The lowest BCUT2D eigenvalue weighted by molar-refractivity contribution is -0.00000735. The van der Waals surface area contributed by atoms with Gasteiger partial charge in [0.15, 0.2) is 6.23 Å². The quantitative estimate of drug-likeness (QED) is 0.550. The maximum absolute atomic E-state index is 12.4. The molecule has 1 aliphatic rings. The highest BCUT2D eigenvalue weighted by Crippen LogP contribution is 2.42. The summed E-state index contributed by atoms with van der Waals surface area (Å²) >= 11 is 0. The number of benzene rings is 2. The van der Waals surface area contributed by atoms with Crippen LogP contribution in [0.5, 0.6) is 0 Å². The van der Waals surface area contributed by atoms with Crippen LogP contribution < -0.4 is 16.9 Å². The SMILES string of the molecule is C[N+](C)(C)c1ccc(C2ON2S(=O)(=O)c2ccccc2)cc1.[Cl-]. The van der Waals surface area contributed by atoms with Crippen molar-refractivity contribution in [1.29, 1.82) is 0 Å². The van der Waals surface area contributed by atoms with E-state index in [9.17, 15) is 8.42 Å². The number of nitrogens with zero attached hydrogens (tertiary/aromatic N) is 2. The van der Waals surface area contributed by atoms with E-state index in [4.69, 9.17) is 4.84 Å². The summed E-state index contributed by atoms with van der Waals surface area (Å²) in [5.41, 5.74) is 1.97. The summed E-state index contributed by atoms with van der Waals surface area (Å²) in [6, 6.07) is 16.1. The summed E-state index contributed by atoms with van der Waals surface area (Å²) in [5, 5.41) is 0. The average molecular weight is 355 g/mol. The van der Waals surface area contributed by atoms with Gasteiger partial charge in [-0.05, 0) is 40.9 Å². The largest absolute Gasteiger partial charge is 1.00 e. The lowest BCUT2D eigenvalue weighted by Crippen LogP contribution is -3.00. The monoisotopic (exact) mass is 354 g/mol. The van der Waals surface area contributed by atoms with Crippen molar-refractivity contribution in [3.05, 3.63) is 60.2 Å². The summed E-state index contributed by atoms with van der Waals surface area (Å²) in [5.74, 6) is 0. The minimum Gasteiger partial charge on any atom is -1.00 e. The van der Waals surface area contributed by atoms with E-state index in [2.05, 4.69) is 21.1 Å². The number of hydrogen-bond donors (Lipinski definition) is 0. The van der Waals surface area contributed by atoms with Gasteiger partial charge in [0.2, 0.25) is 0 Å². The second-order valence-corrected chi connectivity index (χ2v) is 7.92. The summed E-state index contributed by atoms with van der Waals surface area (Å²) in [6.07, 6.45) is -0.535. The van der Waals surface area contributed by atoms with Crippen molar-refractivity contribution in [1.82, 2.24) is 8.95 Å². The molecule has 2 aromatic rings. The molecule has 23 heavy (non-hydrogen) atoms. The van der Waals surface area contributed by atoms with Crippen molar-refractivity contribution in [3.63, 3.8) is 0 Å². The first-order valence-electron chi connectivity index (χ1n) is 6.98. The van der Waals surface area contributed by atoms with Gasteiger partial charge in [0.1, 0.15) is 5.69 Å². The molecule has 0 aliphatic carbocycles. The average Bonchev–Trinajstić information content (AvgIpc) is 3.29. The Morgan fingerprint density at radius 1 is 0.957 bits per heavy atom. The van der Waals surface area contributed by atoms with Crippen LogP contribution in [-0.4, -0.2) is 34.0 Å². The Hall–Kier alpha value is -1.44. The molecule has 0 saturated carbocycles. The van der Waals surface area contributed by atoms with Gasteiger partial charge in [-0.2, -0.15) is 0 Å². The molecule has 0 spiro atoms. The van der Waals surface area contributed by atoms with Gasteiger partial charge >= 0.3 is 0 Å². The van der Waals surface area contributed by atoms with Crippen LogP contribution in [0.4, 0.5) is 5.69 Å². The third-order valence-electron chi connectivity index (χ3n) is 3.58. The lowest BCUT2D eigenvalue weighted by atomic mass is 10.2. The van der Waals surface area contributed by atoms with Crippen molar-refractivity contribution < 1.29 is 25.7 Å². The molecule has 0 aromatic heterocycles. The molecular weight excluding hydrogens is 336 g/mol. The van der Waals surface area contributed by atoms with Crippen molar-refractivity contribution in [2.24, 2.45) is 0 Å². The predicted octanol–water partition coefficient (Wildman–Crippen LogP) is -0.478. The topological polar surface area (TPSA) is 49.7 Å². The van der Waals surface area contributed by atoms with Crippen LogP contribution in [0.25, 0.3) is 0 Å². The zero-order valence-electron chi connectivity index (χ0n) is 13.2. The molecule has 3 rings (SSSR count). The van der Waals surface area contributed by atoms with Crippen LogP contribution in [-0.2, 0) is 14.9 Å². The van der Waals surface area contributed by atoms with Crippen molar-refractivity contribution in [2.75, 3.05) is 21.1 Å². The van der Waals surface area contributed by atoms with Gasteiger partial charge in [-0.25, -0.2) is 8.42 Å². The smallest absolute Gasteiger partial charge is 0.267 e. The molecule has 1 fully saturated rings. The first-order valence-corrected chi connectivity index (χ1v) is 8.42. The fourth-order valence-electron chi connectivity index (χ4n) is 2.22. The number of hydroxylamine groups is 1. The first-order chi connectivity index (χ1) is 10.3. The predicted molar refractivity (Wildman–Crippen MR) is 85.3 cm³/mol. The van der Waals surface area contributed by atoms with Crippen molar-refractivity contribution in [3.8, 4) is 0 Å². The van der Waals surface area contributed by atoms with E-state index in [1.54, 1.807) is 30.3 Å². The zero-order chi connectivity index (χ0) is 16.0. The van der Waals surface area contributed by atoms with Crippen LogP contribution in [0.1, 0.15) is 11.8 Å². The summed E-state index contributed by atoms with van der Waals surface area (Å²) in [6.45, 7) is 0. The highest BCUT2D eigenvalue weighted by molar-refractivity contribution is 7.89. The van der Waals surface area contributed by atoms with Crippen molar-refractivity contribution >= 4 is 15.7 Å². The molecule has 2 unspecified atom stereocenters. The second kappa shape index (κ2) is 6.22. The van der Waals surface area contributed by atoms with Gasteiger partial charge in [0, 0.05) is 5.56 Å². The van der Waals surface area contributed by atoms with Gasteiger partial charge in [0.25, 0.3) is 10.0 Å². The van der Waals surface area contributed by atoms with E-state index in [1.165, 1.54) is 0 Å². The Labute approximate surface area is 143 Å². The van der Waals surface area contributed by atoms with Gasteiger partial charge in [-0.3, -0.25) is 9.32 Å². The molecule has 124 valence electrons. The van der Waals surface area contributed by atoms with Gasteiger partial charge in [-0.15, -0.1) is 0 Å². The van der Waals surface area contributed by atoms with E-state index >= 15 is 0 Å². The fourth-order valence-corrected chi connectivity index (χ4v) is 3.50. The molecule has 0 bridgehead atoms. The zero-order valence-corrected chi connectivity index (χ0v) is 14.8. The van der Waals surface area contributed by atoms with Crippen molar-refractivity contribution in [2.45, 2.75) is 11.1 Å². The van der Waals surface area contributed by atoms with Gasteiger partial charge in [0.05, 0.1) is 26.0 Å². The maximum atomic E-state index is 12.4. The Kier molecular flexibility index (Phi) is 4.84. The van der Waals surface area contributed by atoms with Crippen LogP contribution >= 0.6 is 0 Å². The van der Waals surface area contributed by atoms with E-state index in [0.717, 1.165) is 15.7 Å². The summed E-state index contributed by atoms with van der Waals surface area (Å²) in [7, 11) is 2.64. The molecule has 0 N–H and O–H groups in total. The van der Waals surface area contributed by atoms with Crippen LogP contribution in [0.3, 0.4) is 0 Å². The highest BCUT2D eigenvalue weighted by Gasteiger charge is 2.48. The van der Waals surface area contributed by atoms with Gasteiger partial charge in [-0.1, -0.05) is 18.2 Å². The van der Waals surface area contributed by atoms with E-state index in [0.29, 0.717) is 4.48 Å². The minimum atomic E-state index is -3.59. The molecule has 2 aromatic carbocycles. The molecule has 2 atom stereocenters. The fraction of sp³-hybridized carbons (Fsp3) is 0.250. The molecule has 0 radical (unpaired) electrons. The minimum absolute atomic E-state index is 0. The maximum Gasteiger partial charge on any atom is 0.267 e. The Balaban J connectivity index is 0.00000192. The Morgan fingerprint density at radius 2 is 1.52 bits per heavy atom. The van der Waals surface area contributed by atoms with Gasteiger partial charge < -0.3 is 12.4 Å². The Morgan fingerprint density at radius 3 is 2.04 bits per heavy atom. The normalized spacial score (nSPS) is 20.7. The van der Waals surface area contributed by atoms with Crippen LogP contribution in [0, 0.1) is 0 Å². The Bertz CT molecular complexity index is 771. The number of quaternary nitrogens is 1. The van der Waals surface area contributed by atoms with E-state index in [1.807, 2.05) is 24.3 Å². The highest BCUT2D eigenvalue weighted by atomic mass is 35.5. The van der Waals surface area contributed by atoms with E-state index in [-0.39, 0.29) is 17.3 Å². The number of halogens is 1. The summed E-state index contributed by atoms with van der Waals surface area (Å²) in [4.78, 5) is 5.52. The standard InChI is InChI=1S/C16H19N2O3S.ClH/c1-18(2,3)14-11-9-13(10-12-14)16-17(21-16)22(19,20)15-7-5-4-6-8-15;/h4-12,16H,1-3H3;1H/q+1;/p-1. The molecule has 0 amide bonds. The molecule has 1 saturated heterocycles. The number of hydrogen-bond acceptors (Lipinski definition) is 3. The number of rotatable bonds is 4. The number of sulfonamides is 1. The van der Waals surface area contributed by atoms with E-state index < -0.39 is 16.3 Å². The molecular formula is C16H19ClN2O3S. The molecule has 1 heterocycles. The molecule has 1 aliphatic heterocycles. The molecule has 5 nitrogen and oxygen atoms in total. The van der Waals surface area contributed by atoms with Crippen LogP contribution in [0.2, 0.25) is 0 Å².